The number of allylic oxidation sites excluding steroid dienone is 3. The van der Waals surface area contributed by atoms with Crippen molar-refractivity contribution in [1.29, 1.82) is 0 Å². The van der Waals surface area contributed by atoms with E-state index in [1.54, 1.807) is 13.0 Å². The van der Waals surface area contributed by atoms with Crippen LogP contribution in [0.25, 0.3) is 0 Å². The van der Waals surface area contributed by atoms with Crippen LogP contribution >= 0.6 is 0 Å². The lowest BCUT2D eigenvalue weighted by atomic mass is 10.0. The number of halogens is 4. The molecule has 2 atom stereocenters. The van der Waals surface area contributed by atoms with E-state index in [0.29, 0.717) is 5.70 Å². The lowest BCUT2D eigenvalue weighted by Gasteiger charge is -2.31. The summed E-state index contributed by atoms with van der Waals surface area (Å²) < 4.78 is 57.2. The maximum atomic E-state index is 14.3. The van der Waals surface area contributed by atoms with Crippen LogP contribution in [0, 0.1) is 0 Å². The summed E-state index contributed by atoms with van der Waals surface area (Å²) in [5, 5.41) is 7.92. The van der Waals surface area contributed by atoms with Crippen LogP contribution in [-0.4, -0.2) is 49.4 Å². The molecule has 136 valence electrons. The van der Waals surface area contributed by atoms with Gasteiger partial charge in [0.15, 0.2) is 11.7 Å². The van der Waals surface area contributed by atoms with E-state index in [4.69, 9.17) is 4.74 Å². The van der Waals surface area contributed by atoms with Crippen molar-refractivity contribution in [2.75, 3.05) is 13.7 Å². The topological polar surface area (TPSA) is 49.2 Å². The number of hydrazone groups is 1. The summed E-state index contributed by atoms with van der Waals surface area (Å²) in [6.45, 7) is 4.65. The largest absolute Gasteiger partial charge is 0.486 e. The van der Waals surface area contributed by atoms with Crippen LogP contribution in [0.3, 0.4) is 0 Å². The molecular formula is C16H18F4N4O. The smallest absolute Gasteiger partial charge is 0.272 e. The average Bonchev–Trinajstić information content (AvgIpc) is 2.56. The Balaban J connectivity index is 2.19. The molecule has 0 aliphatic carbocycles. The summed E-state index contributed by atoms with van der Waals surface area (Å²) in [6.07, 6.45) is 0.719. The number of hydrogen-bond donors (Lipinski definition) is 1. The number of ether oxygens (including phenoxy) is 1. The molecule has 2 unspecified atom stereocenters. The lowest BCUT2D eigenvalue weighted by molar-refractivity contribution is 0.0544. The van der Waals surface area contributed by atoms with Crippen molar-refractivity contribution < 1.29 is 22.3 Å². The number of rotatable bonds is 5. The predicted octanol–water partition coefficient (Wildman–Crippen LogP) is 3.06. The Morgan fingerprint density at radius 3 is 2.80 bits per heavy atom. The summed E-state index contributed by atoms with van der Waals surface area (Å²) in [7, 11) is 1.48. The SMILES string of the molecule is C=C1C=C(OCC(F)F)C=NN1/C(=C\C)C1N=C(NC)C(F)=CC1F. The standard InChI is InChI=1S/C16H18F4N4O/c1-4-13(15-11(17)6-12(18)16(21-3)23-15)24-9(2)5-10(7-22-24)25-8-14(19)20/h4-7,11,14-15H,2,8H2,1,3H3,(H,21,23)/b13-4-. The first-order valence-electron chi connectivity index (χ1n) is 7.46. The van der Waals surface area contributed by atoms with Gasteiger partial charge in [0.2, 0.25) is 0 Å². The number of alkyl halides is 3. The maximum Gasteiger partial charge on any atom is 0.272 e. The Kier molecular flexibility index (Phi) is 6.00. The van der Waals surface area contributed by atoms with Crippen LogP contribution in [0.15, 0.2) is 57.9 Å². The predicted molar refractivity (Wildman–Crippen MR) is 87.6 cm³/mol. The molecule has 0 radical (unpaired) electrons. The number of amidine groups is 1. The Hall–Kier alpha value is -2.58. The minimum atomic E-state index is -2.61. The van der Waals surface area contributed by atoms with Gasteiger partial charge < -0.3 is 10.1 Å². The van der Waals surface area contributed by atoms with Crippen LogP contribution in [-0.2, 0) is 4.74 Å². The fraction of sp³-hybridized carbons (Fsp3) is 0.375. The van der Waals surface area contributed by atoms with Gasteiger partial charge in [0.05, 0.1) is 17.6 Å². The molecule has 0 bridgehead atoms. The molecule has 0 fully saturated rings. The second kappa shape index (κ2) is 8.00. The minimum absolute atomic E-state index is 0.0682. The normalized spacial score (nSPS) is 24.1. The molecule has 25 heavy (non-hydrogen) atoms. The molecule has 0 aromatic heterocycles. The van der Waals surface area contributed by atoms with Gasteiger partial charge in [0, 0.05) is 13.1 Å². The molecule has 9 heteroatoms. The first kappa shape index (κ1) is 18.8. The summed E-state index contributed by atoms with van der Waals surface area (Å²) in [5.74, 6) is -0.727. The lowest BCUT2D eigenvalue weighted by Crippen LogP contribution is -2.37. The first-order valence-corrected chi connectivity index (χ1v) is 7.46. The van der Waals surface area contributed by atoms with Crippen molar-refractivity contribution in [3.63, 3.8) is 0 Å². The zero-order chi connectivity index (χ0) is 18.6. The Bertz CT molecular complexity index is 682. The van der Waals surface area contributed by atoms with E-state index in [9.17, 15) is 17.6 Å². The van der Waals surface area contributed by atoms with Crippen LogP contribution in [0.4, 0.5) is 17.6 Å². The Morgan fingerprint density at radius 1 is 1.52 bits per heavy atom. The number of aliphatic imine (C=N–C) groups is 1. The van der Waals surface area contributed by atoms with Gasteiger partial charge in [-0.3, -0.25) is 4.99 Å². The van der Waals surface area contributed by atoms with Crippen LogP contribution in [0.5, 0.6) is 0 Å². The van der Waals surface area contributed by atoms with Gasteiger partial charge in [-0.1, -0.05) is 12.7 Å². The summed E-state index contributed by atoms with van der Waals surface area (Å²) in [4.78, 5) is 4.03. The van der Waals surface area contributed by atoms with Gasteiger partial charge in [-0.2, -0.15) is 5.10 Å². The quantitative estimate of drug-likeness (QED) is 0.769. The fourth-order valence-corrected chi connectivity index (χ4v) is 2.34. The van der Waals surface area contributed by atoms with Crippen molar-refractivity contribution in [3.8, 4) is 0 Å². The Morgan fingerprint density at radius 2 is 2.24 bits per heavy atom. The molecule has 2 rings (SSSR count). The number of hydrogen-bond acceptors (Lipinski definition) is 5. The number of nitrogens with zero attached hydrogens (tertiary/aromatic N) is 3. The van der Waals surface area contributed by atoms with Crippen LogP contribution < -0.4 is 5.32 Å². The highest BCUT2D eigenvalue weighted by Crippen LogP contribution is 2.29. The third-order valence-corrected chi connectivity index (χ3v) is 3.44. The maximum absolute atomic E-state index is 14.3. The highest BCUT2D eigenvalue weighted by molar-refractivity contribution is 5.97. The van der Waals surface area contributed by atoms with Crippen molar-refractivity contribution in [1.82, 2.24) is 10.3 Å². The van der Waals surface area contributed by atoms with Crippen molar-refractivity contribution in [3.05, 3.63) is 47.8 Å². The second-order valence-corrected chi connectivity index (χ2v) is 5.14. The summed E-state index contributed by atoms with van der Waals surface area (Å²) in [6, 6.07) is -1.03. The van der Waals surface area contributed by atoms with Crippen LogP contribution in [0.2, 0.25) is 0 Å². The fourth-order valence-electron chi connectivity index (χ4n) is 2.34. The molecule has 0 aromatic rings. The molecule has 2 aliphatic rings. The molecule has 0 aromatic carbocycles. The van der Waals surface area contributed by atoms with Crippen molar-refractivity contribution >= 4 is 12.1 Å². The molecule has 0 saturated heterocycles. The molecule has 0 spiro atoms. The van der Waals surface area contributed by atoms with Gasteiger partial charge in [0.25, 0.3) is 6.43 Å². The highest BCUT2D eigenvalue weighted by atomic mass is 19.3. The third kappa shape index (κ3) is 4.28. The molecule has 2 heterocycles. The van der Waals surface area contributed by atoms with E-state index in [1.165, 1.54) is 24.3 Å². The number of nitrogens with one attached hydrogen (secondary N) is 1. The third-order valence-electron chi connectivity index (χ3n) is 3.44. The van der Waals surface area contributed by atoms with Crippen molar-refractivity contribution in [2.45, 2.75) is 25.6 Å². The number of dihydropyridines is 1. The van der Waals surface area contributed by atoms with E-state index in [0.717, 1.165) is 6.08 Å². The average molecular weight is 358 g/mol. The van der Waals surface area contributed by atoms with E-state index >= 15 is 0 Å². The molecule has 5 nitrogen and oxygen atoms in total. The van der Waals surface area contributed by atoms with Gasteiger partial charge in [-0.05, 0) is 13.0 Å². The van der Waals surface area contributed by atoms with Gasteiger partial charge in [-0.15, -0.1) is 0 Å². The summed E-state index contributed by atoms with van der Waals surface area (Å²) in [5.41, 5.74) is 0.609. The summed E-state index contributed by atoms with van der Waals surface area (Å²) >= 11 is 0. The van der Waals surface area contributed by atoms with Crippen LogP contribution in [0.1, 0.15) is 6.92 Å². The molecule has 0 saturated carbocycles. The van der Waals surface area contributed by atoms with Gasteiger partial charge >= 0.3 is 0 Å². The van der Waals surface area contributed by atoms with E-state index in [-0.39, 0.29) is 17.3 Å². The van der Waals surface area contributed by atoms with Crippen molar-refractivity contribution in [2.24, 2.45) is 10.1 Å². The number of likely N-dealkylation sites (N-methyl/N-ethyl adjacent to an activating group) is 1. The molecule has 0 amide bonds. The Labute approximate surface area is 142 Å². The van der Waals surface area contributed by atoms with E-state index < -0.39 is 31.1 Å². The monoisotopic (exact) mass is 358 g/mol. The van der Waals surface area contributed by atoms with E-state index in [2.05, 4.69) is 22.0 Å². The van der Waals surface area contributed by atoms with Gasteiger partial charge in [0.1, 0.15) is 24.6 Å². The zero-order valence-corrected chi connectivity index (χ0v) is 13.7. The highest BCUT2D eigenvalue weighted by Gasteiger charge is 2.33. The minimum Gasteiger partial charge on any atom is -0.486 e. The van der Waals surface area contributed by atoms with Gasteiger partial charge in [-0.25, -0.2) is 22.6 Å². The zero-order valence-electron chi connectivity index (χ0n) is 13.7. The van der Waals surface area contributed by atoms with E-state index in [1.807, 2.05) is 0 Å². The molecule has 2 aliphatic heterocycles. The first-order chi connectivity index (χ1) is 11.9. The molecule has 1 N–H and O–H groups in total. The second-order valence-electron chi connectivity index (χ2n) is 5.14. The molecular weight excluding hydrogens is 340 g/mol.